The average Bonchev–Trinajstić information content (AvgIpc) is 2.95. The van der Waals surface area contributed by atoms with Gasteiger partial charge in [0.05, 0.1) is 11.9 Å². The smallest absolute Gasteiger partial charge is 0.147 e. The minimum atomic E-state index is 0.0861. The van der Waals surface area contributed by atoms with Crippen molar-refractivity contribution in [3.63, 3.8) is 0 Å². The molecule has 0 aliphatic carbocycles. The molecule has 0 aliphatic rings. The topological polar surface area (TPSA) is 41.1 Å². The summed E-state index contributed by atoms with van der Waals surface area (Å²) in [5.41, 5.74) is 1.06. The van der Waals surface area contributed by atoms with Crippen LogP contribution in [0.1, 0.15) is 31.3 Å². The summed E-state index contributed by atoms with van der Waals surface area (Å²) in [5, 5.41) is 5.56. The van der Waals surface area contributed by atoms with Crippen LogP contribution in [0.25, 0.3) is 0 Å². The molecule has 2 rings (SSSR count). The quantitative estimate of drug-likeness (QED) is 0.890. The molecule has 4 nitrogen and oxygen atoms in total. The molecule has 0 fully saturated rings. The molecule has 0 amide bonds. The number of anilines is 1. The normalized spacial score (nSPS) is 11.6. The average molecular weight is 304 g/mol. The molecule has 0 atom stereocenters. The third kappa shape index (κ3) is 5.44. The Morgan fingerprint density at radius 1 is 1.29 bits per heavy atom. The van der Waals surface area contributed by atoms with Gasteiger partial charge in [0.1, 0.15) is 5.82 Å². The number of likely N-dealkylation sites (N-methyl/N-ethyl adjacent to an activating group) is 1. The van der Waals surface area contributed by atoms with Gasteiger partial charge in [0.25, 0.3) is 0 Å². The van der Waals surface area contributed by atoms with E-state index in [1.807, 2.05) is 12.4 Å². The van der Waals surface area contributed by atoms with Gasteiger partial charge in [-0.05, 0) is 38.6 Å². The van der Waals surface area contributed by atoms with Crippen molar-refractivity contribution in [2.75, 3.05) is 18.5 Å². The van der Waals surface area contributed by atoms with Crippen LogP contribution in [0.2, 0.25) is 0 Å². The third-order valence-electron chi connectivity index (χ3n) is 3.14. The van der Waals surface area contributed by atoms with E-state index < -0.39 is 0 Å². The number of rotatable bonds is 6. The van der Waals surface area contributed by atoms with Crippen molar-refractivity contribution in [1.29, 1.82) is 0 Å². The van der Waals surface area contributed by atoms with Crippen molar-refractivity contribution >= 4 is 17.2 Å². The van der Waals surface area contributed by atoms with Crippen molar-refractivity contribution < 1.29 is 0 Å². The van der Waals surface area contributed by atoms with Crippen LogP contribution in [0.15, 0.2) is 29.9 Å². The van der Waals surface area contributed by atoms with Gasteiger partial charge in [0.2, 0.25) is 0 Å². The summed E-state index contributed by atoms with van der Waals surface area (Å²) >= 11 is 1.80. The van der Waals surface area contributed by atoms with Gasteiger partial charge in [-0.3, -0.25) is 4.98 Å². The van der Waals surface area contributed by atoms with Crippen molar-refractivity contribution in [2.24, 2.45) is 0 Å². The van der Waals surface area contributed by atoms with E-state index in [1.54, 1.807) is 11.3 Å². The zero-order valence-electron chi connectivity index (χ0n) is 13.3. The highest BCUT2D eigenvalue weighted by molar-refractivity contribution is 7.09. The molecule has 0 saturated carbocycles. The van der Waals surface area contributed by atoms with Crippen molar-refractivity contribution in [2.45, 2.75) is 39.3 Å². The molecule has 0 unspecified atom stereocenters. The van der Waals surface area contributed by atoms with Gasteiger partial charge >= 0.3 is 0 Å². The first-order valence-electron chi connectivity index (χ1n) is 7.23. The molecule has 1 N–H and O–H groups in total. The summed E-state index contributed by atoms with van der Waals surface area (Å²) in [6, 6.07) is 4.27. The maximum atomic E-state index is 4.68. The Morgan fingerprint density at radius 2 is 2.10 bits per heavy atom. The van der Waals surface area contributed by atoms with E-state index in [0.29, 0.717) is 0 Å². The molecular formula is C16H24N4S. The van der Waals surface area contributed by atoms with Crippen molar-refractivity contribution in [1.82, 2.24) is 15.3 Å². The molecule has 0 radical (unpaired) electrons. The summed E-state index contributed by atoms with van der Waals surface area (Å²) in [6.07, 6.45) is 4.70. The number of thiophene rings is 1. The number of hydrogen-bond donors (Lipinski definition) is 1. The van der Waals surface area contributed by atoms with E-state index in [0.717, 1.165) is 31.0 Å². The summed E-state index contributed by atoms with van der Waals surface area (Å²) in [6.45, 7) is 8.14. The zero-order valence-corrected chi connectivity index (χ0v) is 14.1. The Kier molecular flexibility index (Phi) is 5.31. The molecule has 21 heavy (non-hydrogen) atoms. The molecule has 0 bridgehead atoms. The van der Waals surface area contributed by atoms with Crippen molar-refractivity contribution in [3.05, 3.63) is 40.5 Å². The van der Waals surface area contributed by atoms with E-state index in [2.05, 4.69) is 65.5 Å². The summed E-state index contributed by atoms with van der Waals surface area (Å²) < 4.78 is 0. The number of nitrogens with zero attached hydrogens (tertiary/aromatic N) is 3. The highest BCUT2D eigenvalue weighted by atomic mass is 32.1. The van der Waals surface area contributed by atoms with Gasteiger partial charge in [-0.2, -0.15) is 0 Å². The van der Waals surface area contributed by atoms with Gasteiger partial charge in [-0.1, -0.05) is 6.07 Å². The molecule has 0 aliphatic heterocycles. The zero-order chi connectivity index (χ0) is 15.3. The lowest BCUT2D eigenvalue weighted by Gasteiger charge is -2.21. The number of nitrogens with one attached hydrogen (secondary N) is 1. The van der Waals surface area contributed by atoms with Crippen LogP contribution < -0.4 is 10.2 Å². The van der Waals surface area contributed by atoms with Crippen LogP contribution >= 0.6 is 11.3 Å². The second-order valence-electron chi connectivity index (χ2n) is 6.22. The van der Waals surface area contributed by atoms with Crippen LogP contribution in [0.3, 0.4) is 0 Å². The Hall–Kier alpha value is -1.46. The van der Waals surface area contributed by atoms with Gasteiger partial charge in [0.15, 0.2) is 0 Å². The first kappa shape index (κ1) is 15.9. The monoisotopic (exact) mass is 304 g/mol. The van der Waals surface area contributed by atoms with E-state index >= 15 is 0 Å². The Balaban J connectivity index is 1.92. The highest BCUT2D eigenvalue weighted by Crippen LogP contribution is 2.13. The molecule has 0 aromatic carbocycles. The molecule has 0 saturated heterocycles. The molecule has 2 aromatic heterocycles. The Labute approximate surface area is 131 Å². The molecule has 5 heteroatoms. The van der Waals surface area contributed by atoms with E-state index in [9.17, 15) is 0 Å². The maximum Gasteiger partial charge on any atom is 0.147 e. The van der Waals surface area contributed by atoms with Gasteiger partial charge in [-0.25, -0.2) is 4.98 Å². The lowest BCUT2D eigenvalue weighted by molar-refractivity contribution is 0.421. The first-order valence-corrected chi connectivity index (χ1v) is 8.11. The summed E-state index contributed by atoms with van der Waals surface area (Å²) in [4.78, 5) is 12.6. The minimum absolute atomic E-state index is 0.0861. The van der Waals surface area contributed by atoms with Gasteiger partial charge in [0, 0.05) is 36.8 Å². The van der Waals surface area contributed by atoms with Gasteiger partial charge < -0.3 is 10.2 Å². The lowest BCUT2D eigenvalue weighted by Crippen LogP contribution is -2.35. The van der Waals surface area contributed by atoms with Crippen LogP contribution in [0.5, 0.6) is 0 Å². The second-order valence-corrected chi connectivity index (χ2v) is 7.26. The highest BCUT2D eigenvalue weighted by Gasteiger charge is 2.10. The van der Waals surface area contributed by atoms with E-state index in [4.69, 9.17) is 0 Å². The SMILES string of the molecule is CN(CCc1cccs1)c1cncc(CNC(C)(C)C)n1. The van der Waals surface area contributed by atoms with E-state index in [1.165, 1.54) is 4.88 Å². The molecule has 114 valence electrons. The lowest BCUT2D eigenvalue weighted by atomic mass is 10.1. The molecule has 0 spiro atoms. The fraction of sp³-hybridized carbons (Fsp3) is 0.500. The second kappa shape index (κ2) is 7.00. The predicted octanol–water partition coefficient (Wildman–Crippen LogP) is 3.11. The largest absolute Gasteiger partial charge is 0.358 e. The summed E-state index contributed by atoms with van der Waals surface area (Å²) in [7, 11) is 2.07. The van der Waals surface area contributed by atoms with Crippen molar-refractivity contribution in [3.8, 4) is 0 Å². The number of aromatic nitrogens is 2. The molecular weight excluding hydrogens is 280 g/mol. The van der Waals surface area contributed by atoms with Crippen LogP contribution in [0.4, 0.5) is 5.82 Å². The first-order chi connectivity index (χ1) is 9.94. The predicted molar refractivity (Wildman–Crippen MR) is 89.9 cm³/mol. The minimum Gasteiger partial charge on any atom is -0.358 e. The standard InChI is InChI=1S/C16H24N4S/c1-16(2,3)18-11-13-10-17-12-15(19-13)20(4)8-7-14-6-5-9-21-14/h5-6,9-10,12,18H,7-8,11H2,1-4H3. The van der Waals surface area contributed by atoms with Crippen LogP contribution in [-0.2, 0) is 13.0 Å². The third-order valence-corrected chi connectivity index (χ3v) is 4.07. The van der Waals surface area contributed by atoms with Crippen LogP contribution in [-0.4, -0.2) is 29.1 Å². The van der Waals surface area contributed by atoms with E-state index in [-0.39, 0.29) is 5.54 Å². The molecule has 2 aromatic rings. The Bertz CT molecular complexity index is 546. The van der Waals surface area contributed by atoms with Crippen LogP contribution in [0, 0.1) is 0 Å². The molecule has 2 heterocycles. The summed E-state index contributed by atoms with van der Waals surface area (Å²) in [5.74, 6) is 0.930. The Morgan fingerprint density at radius 3 is 2.76 bits per heavy atom. The number of hydrogen-bond acceptors (Lipinski definition) is 5. The fourth-order valence-electron chi connectivity index (χ4n) is 1.87. The fourth-order valence-corrected chi connectivity index (χ4v) is 2.57. The maximum absolute atomic E-state index is 4.68. The van der Waals surface area contributed by atoms with Gasteiger partial charge in [-0.15, -0.1) is 11.3 Å².